The molecule has 0 bridgehead atoms. The summed E-state index contributed by atoms with van der Waals surface area (Å²) in [4.78, 5) is 34.3. The standard InChI is InChI=1S/C14H10N4O3S3/c19-10(6-9-11(20)16-13(21)23-9)15-12-17-18-14(24-12)22-7-8-4-2-1-3-5-8/h1-6H,7H2,(H,15,17,19)(H,16,20,21)/b9-6-. The number of nitrogens with zero attached hydrogens (tertiary/aromatic N) is 2. The van der Waals surface area contributed by atoms with Crippen LogP contribution in [-0.4, -0.2) is 27.3 Å². The number of thioether (sulfide) groups is 2. The number of benzene rings is 1. The molecule has 122 valence electrons. The summed E-state index contributed by atoms with van der Waals surface area (Å²) in [5.41, 5.74) is 1.17. The maximum Gasteiger partial charge on any atom is 0.290 e. The Kier molecular flexibility index (Phi) is 5.28. The summed E-state index contributed by atoms with van der Waals surface area (Å²) >= 11 is 3.45. The Balaban J connectivity index is 1.56. The molecular weight excluding hydrogens is 368 g/mol. The highest BCUT2D eigenvalue weighted by molar-refractivity contribution is 8.18. The Hall–Kier alpha value is -2.17. The number of hydrogen-bond acceptors (Lipinski definition) is 8. The van der Waals surface area contributed by atoms with Crippen molar-refractivity contribution in [3.8, 4) is 0 Å². The zero-order valence-electron chi connectivity index (χ0n) is 12.0. The molecule has 0 saturated carbocycles. The number of anilines is 1. The molecule has 0 unspecified atom stereocenters. The van der Waals surface area contributed by atoms with Crippen molar-refractivity contribution < 1.29 is 14.4 Å². The van der Waals surface area contributed by atoms with Gasteiger partial charge in [-0.15, -0.1) is 10.2 Å². The van der Waals surface area contributed by atoms with Crippen LogP contribution in [0.3, 0.4) is 0 Å². The third-order valence-corrected chi connectivity index (χ3v) is 5.60. The number of nitrogens with one attached hydrogen (secondary N) is 2. The van der Waals surface area contributed by atoms with Gasteiger partial charge in [0, 0.05) is 11.8 Å². The Morgan fingerprint density at radius 1 is 1.25 bits per heavy atom. The fourth-order valence-corrected chi connectivity index (χ4v) is 4.08. The van der Waals surface area contributed by atoms with E-state index in [0.717, 1.165) is 16.2 Å². The molecular formula is C14H10N4O3S3. The largest absolute Gasteiger partial charge is 0.297 e. The zero-order valence-corrected chi connectivity index (χ0v) is 14.5. The second-order valence-electron chi connectivity index (χ2n) is 4.49. The van der Waals surface area contributed by atoms with Crippen LogP contribution in [0.2, 0.25) is 0 Å². The summed E-state index contributed by atoms with van der Waals surface area (Å²) in [7, 11) is 0. The van der Waals surface area contributed by atoms with Gasteiger partial charge in [0.15, 0.2) is 4.34 Å². The lowest BCUT2D eigenvalue weighted by Gasteiger charge is -1.97. The van der Waals surface area contributed by atoms with E-state index in [-0.39, 0.29) is 4.91 Å². The number of amides is 3. The molecule has 1 saturated heterocycles. The summed E-state index contributed by atoms with van der Waals surface area (Å²) in [5, 5.41) is 12.3. The third-order valence-electron chi connectivity index (χ3n) is 2.75. The van der Waals surface area contributed by atoms with Crippen LogP contribution in [0, 0.1) is 0 Å². The lowest BCUT2D eigenvalue weighted by Crippen LogP contribution is -2.18. The molecule has 0 atom stereocenters. The van der Waals surface area contributed by atoms with Gasteiger partial charge in [0.2, 0.25) is 5.13 Å². The smallest absolute Gasteiger partial charge is 0.290 e. The lowest BCUT2D eigenvalue weighted by molar-refractivity contribution is -0.116. The van der Waals surface area contributed by atoms with E-state index in [1.54, 1.807) is 0 Å². The van der Waals surface area contributed by atoms with Crippen LogP contribution in [0.15, 0.2) is 45.7 Å². The van der Waals surface area contributed by atoms with E-state index >= 15 is 0 Å². The Morgan fingerprint density at radius 3 is 2.75 bits per heavy atom. The second-order valence-corrected chi connectivity index (χ2v) is 7.70. The molecule has 2 heterocycles. The second kappa shape index (κ2) is 7.60. The van der Waals surface area contributed by atoms with Gasteiger partial charge >= 0.3 is 0 Å². The van der Waals surface area contributed by atoms with Crippen LogP contribution in [0.5, 0.6) is 0 Å². The Bertz CT molecular complexity index is 820. The SMILES string of the molecule is O=C(/C=C1\SC(=O)NC1=O)Nc1nnc(SCc2ccccc2)s1. The monoisotopic (exact) mass is 378 g/mol. The zero-order chi connectivity index (χ0) is 16.9. The highest BCUT2D eigenvalue weighted by Crippen LogP contribution is 2.28. The van der Waals surface area contributed by atoms with E-state index < -0.39 is 17.1 Å². The van der Waals surface area contributed by atoms with Crippen molar-refractivity contribution in [1.29, 1.82) is 0 Å². The van der Waals surface area contributed by atoms with Gasteiger partial charge in [-0.1, -0.05) is 53.4 Å². The van der Waals surface area contributed by atoms with Crippen molar-refractivity contribution in [2.75, 3.05) is 5.32 Å². The van der Waals surface area contributed by atoms with E-state index in [1.165, 1.54) is 28.7 Å². The maximum absolute atomic E-state index is 11.8. The first-order chi connectivity index (χ1) is 11.6. The first kappa shape index (κ1) is 16.7. The summed E-state index contributed by atoms with van der Waals surface area (Å²) in [5.74, 6) is -0.346. The topological polar surface area (TPSA) is 101 Å². The molecule has 10 heteroatoms. The van der Waals surface area contributed by atoms with Crippen molar-refractivity contribution in [3.63, 3.8) is 0 Å². The minimum atomic E-state index is -0.573. The molecule has 2 N–H and O–H groups in total. The highest BCUT2D eigenvalue weighted by atomic mass is 32.2. The molecule has 0 spiro atoms. The number of rotatable bonds is 5. The number of hydrogen-bond donors (Lipinski definition) is 2. The van der Waals surface area contributed by atoms with Crippen LogP contribution in [0.25, 0.3) is 0 Å². The minimum Gasteiger partial charge on any atom is -0.297 e. The van der Waals surface area contributed by atoms with E-state index in [0.29, 0.717) is 16.9 Å². The van der Waals surface area contributed by atoms with Gasteiger partial charge in [-0.2, -0.15) is 0 Å². The molecule has 1 aliphatic heterocycles. The van der Waals surface area contributed by atoms with Crippen molar-refractivity contribution in [2.45, 2.75) is 10.1 Å². The molecule has 0 aliphatic carbocycles. The van der Waals surface area contributed by atoms with Crippen LogP contribution >= 0.6 is 34.9 Å². The van der Waals surface area contributed by atoms with Crippen LogP contribution in [-0.2, 0) is 15.3 Å². The Morgan fingerprint density at radius 2 is 2.04 bits per heavy atom. The van der Waals surface area contributed by atoms with Crippen molar-refractivity contribution >= 4 is 57.0 Å². The average Bonchev–Trinajstić information content (AvgIpc) is 3.12. The molecule has 7 nitrogen and oxygen atoms in total. The molecule has 1 fully saturated rings. The number of imide groups is 1. The average molecular weight is 378 g/mol. The Labute approximate surface area is 149 Å². The minimum absolute atomic E-state index is 0.0562. The first-order valence-corrected chi connectivity index (χ1v) is 9.28. The van der Waals surface area contributed by atoms with Gasteiger partial charge in [-0.05, 0) is 17.3 Å². The molecule has 1 aromatic heterocycles. The summed E-state index contributed by atoms with van der Waals surface area (Å²) in [6.07, 6.45) is 1.07. The van der Waals surface area contributed by atoms with Crippen molar-refractivity contribution in [3.05, 3.63) is 46.9 Å². The number of carbonyl (C=O) groups excluding carboxylic acids is 3. The molecule has 1 aliphatic rings. The summed E-state index contributed by atoms with van der Waals surface area (Å²) in [6, 6.07) is 9.94. The molecule has 3 amide bonds. The van der Waals surface area contributed by atoms with E-state index in [4.69, 9.17) is 0 Å². The number of aromatic nitrogens is 2. The molecule has 3 rings (SSSR count). The molecule has 24 heavy (non-hydrogen) atoms. The van der Waals surface area contributed by atoms with E-state index in [1.807, 2.05) is 30.3 Å². The van der Waals surface area contributed by atoms with Crippen molar-refractivity contribution in [2.24, 2.45) is 0 Å². The molecule has 1 aromatic carbocycles. The summed E-state index contributed by atoms with van der Waals surface area (Å²) in [6.45, 7) is 0. The van der Waals surface area contributed by atoms with Gasteiger partial charge in [0.05, 0.1) is 4.91 Å². The summed E-state index contributed by atoms with van der Waals surface area (Å²) < 4.78 is 0.727. The molecule has 2 aromatic rings. The van der Waals surface area contributed by atoms with Gasteiger partial charge < -0.3 is 0 Å². The highest BCUT2D eigenvalue weighted by Gasteiger charge is 2.26. The van der Waals surface area contributed by atoms with Crippen LogP contribution in [0.1, 0.15) is 5.56 Å². The molecule has 0 radical (unpaired) electrons. The maximum atomic E-state index is 11.8. The van der Waals surface area contributed by atoms with Gasteiger partial charge in [0.1, 0.15) is 0 Å². The van der Waals surface area contributed by atoms with E-state index in [2.05, 4.69) is 20.8 Å². The van der Waals surface area contributed by atoms with Crippen LogP contribution < -0.4 is 10.6 Å². The fourth-order valence-electron chi connectivity index (χ4n) is 1.72. The lowest BCUT2D eigenvalue weighted by atomic mass is 10.2. The normalized spacial score (nSPS) is 15.6. The quantitative estimate of drug-likeness (QED) is 0.468. The van der Waals surface area contributed by atoms with Crippen LogP contribution in [0.4, 0.5) is 9.93 Å². The van der Waals surface area contributed by atoms with Gasteiger partial charge in [-0.3, -0.25) is 25.0 Å². The van der Waals surface area contributed by atoms with Gasteiger partial charge in [0.25, 0.3) is 17.1 Å². The van der Waals surface area contributed by atoms with E-state index in [9.17, 15) is 14.4 Å². The predicted octanol–water partition coefficient (Wildman–Crippen LogP) is 2.64. The number of carbonyl (C=O) groups is 3. The first-order valence-electron chi connectivity index (χ1n) is 6.66. The predicted molar refractivity (Wildman–Crippen MR) is 93.8 cm³/mol. The third kappa shape index (κ3) is 4.43. The van der Waals surface area contributed by atoms with Gasteiger partial charge in [-0.25, -0.2) is 0 Å². The van der Waals surface area contributed by atoms with Crippen molar-refractivity contribution in [1.82, 2.24) is 15.5 Å². The fraction of sp³-hybridized carbons (Fsp3) is 0.0714.